The summed E-state index contributed by atoms with van der Waals surface area (Å²) in [7, 11) is 0. The van der Waals surface area contributed by atoms with E-state index < -0.39 is 0 Å². The maximum atomic E-state index is 13.5. The van der Waals surface area contributed by atoms with Crippen molar-refractivity contribution in [3.05, 3.63) is 99.5 Å². The van der Waals surface area contributed by atoms with Gasteiger partial charge in [-0.15, -0.1) is 0 Å². The van der Waals surface area contributed by atoms with Crippen molar-refractivity contribution in [1.29, 1.82) is 0 Å². The lowest BCUT2D eigenvalue weighted by molar-refractivity contribution is -0.944. The number of nitrogens with zero attached hydrogens (tertiary/aromatic N) is 2. The molecule has 4 fully saturated rings. The van der Waals surface area contributed by atoms with Gasteiger partial charge in [-0.25, -0.2) is 0 Å². The van der Waals surface area contributed by atoms with Crippen molar-refractivity contribution in [1.82, 2.24) is 4.90 Å². The molecule has 4 nitrogen and oxygen atoms in total. The van der Waals surface area contributed by atoms with Gasteiger partial charge in [0.15, 0.2) is 5.78 Å². The van der Waals surface area contributed by atoms with Crippen LogP contribution in [0.15, 0.2) is 72.8 Å². The lowest BCUT2D eigenvalue weighted by Crippen LogP contribution is -2.64. The molecule has 228 valence electrons. The van der Waals surface area contributed by atoms with Gasteiger partial charge in [-0.3, -0.25) is 9.69 Å². The summed E-state index contributed by atoms with van der Waals surface area (Å²) in [6.07, 6.45) is 7.14. The molecule has 43 heavy (non-hydrogen) atoms. The summed E-state index contributed by atoms with van der Waals surface area (Å²) in [5.41, 5.74) is 3.81. The number of rotatable bonds is 10. The lowest BCUT2D eigenvalue weighted by atomic mass is 9.65. The number of carbonyl (C=O) groups is 1. The highest BCUT2D eigenvalue weighted by Gasteiger charge is 2.50. The zero-order chi connectivity index (χ0) is 30.1. The van der Waals surface area contributed by atoms with Crippen molar-refractivity contribution in [2.45, 2.75) is 69.3 Å². The van der Waals surface area contributed by atoms with Crippen LogP contribution in [-0.2, 0) is 10.8 Å². The predicted octanol–water partition coefficient (Wildman–Crippen LogP) is 8.34. The van der Waals surface area contributed by atoms with Crippen LogP contribution in [0.4, 0.5) is 0 Å². The Labute approximate surface area is 267 Å². The molecule has 4 heterocycles. The first-order chi connectivity index (χ1) is 20.7. The normalized spacial score (nSPS) is 27.4. The molecule has 4 aliphatic rings. The van der Waals surface area contributed by atoms with Gasteiger partial charge in [0.1, 0.15) is 5.75 Å². The monoisotopic (exact) mass is 619 g/mol. The zero-order valence-electron chi connectivity index (χ0n) is 25.7. The van der Waals surface area contributed by atoms with E-state index in [0.29, 0.717) is 27.6 Å². The van der Waals surface area contributed by atoms with Gasteiger partial charge < -0.3 is 9.22 Å². The summed E-state index contributed by atoms with van der Waals surface area (Å²) < 4.78 is 7.08. The fraction of sp³-hybridized carbons (Fsp3) is 0.486. The van der Waals surface area contributed by atoms with Crippen molar-refractivity contribution in [3.63, 3.8) is 0 Å². The third-order valence-corrected chi connectivity index (χ3v) is 11.5. The van der Waals surface area contributed by atoms with Crippen LogP contribution in [0.1, 0.15) is 73.9 Å². The number of piperidine rings is 4. The molecule has 3 aromatic rings. The van der Waals surface area contributed by atoms with E-state index >= 15 is 0 Å². The number of fused-ring (bicyclic) bond motifs is 3. The van der Waals surface area contributed by atoms with E-state index in [1.54, 1.807) is 0 Å². The molecule has 0 N–H and O–H groups in total. The summed E-state index contributed by atoms with van der Waals surface area (Å²) in [5, 5.41) is 1.21. The van der Waals surface area contributed by atoms with Crippen LogP contribution in [0.2, 0.25) is 10.0 Å². The van der Waals surface area contributed by atoms with Crippen molar-refractivity contribution in [2.75, 3.05) is 45.8 Å². The quantitative estimate of drug-likeness (QED) is 0.169. The van der Waals surface area contributed by atoms with Crippen LogP contribution in [0.3, 0.4) is 0 Å². The summed E-state index contributed by atoms with van der Waals surface area (Å²) in [4.78, 5) is 15.9. The fourth-order valence-electron chi connectivity index (χ4n) is 8.16. The Morgan fingerprint density at radius 3 is 2.33 bits per heavy atom. The van der Waals surface area contributed by atoms with E-state index in [1.807, 2.05) is 44.2 Å². The molecule has 3 aromatic carbocycles. The minimum atomic E-state index is -0.0617. The molecular formula is C37H45Cl2N2O2+. The third-order valence-electron chi connectivity index (χ3n) is 10.7. The minimum Gasteiger partial charge on any atom is -0.491 e. The van der Waals surface area contributed by atoms with Crippen molar-refractivity contribution >= 4 is 29.0 Å². The molecule has 4 saturated heterocycles. The third kappa shape index (κ3) is 6.54. The van der Waals surface area contributed by atoms with Crippen molar-refractivity contribution in [2.24, 2.45) is 0 Å². The van der Waals surface area contributed by atoms with Gasteiger partial charge in [0.05, 0.1) is 48.9 Å². The van der Waals surface area contributed by atoms with Crippen LogP contribution >= 0.6 is 23.2 Å². The fourth-order valence-corrected chi connectivity index (χ4v) is 8.45. The number of carbonyl (C=O) groups excluding carboxylic acids is 1. The molecule has 4 aliphatic heterocycles. The van der Waals surface area contributed by atoms with Gasteiger partial charge in [-0.2, -0.15) is 0 Å². The van der Waals surface area contributed by atoms with Crippen LogP contribution in [0, 0.1) is 0 Å². The van der Waals surface area contributed by atoms with Crippen molar-refractivity contribution < 1.29 is 14.0 Å². The Balaban J connectivity index is 1.19. The highest BCUT2D eigenvalue weighted by molar-refractivity contribution is 6.42. The minimum absolute atomic E-state index is 0.0617. The Morgan fingerprint density at radius 2 is 1.63 bits per heavy atom. The van der Waals surface area contributed by atoms with E-state index in [1.165, 1.54) is 61.1 Å². The Kier molecular flexibility index (Phi) is 8.95. The Morgan fingerprint density at radius 1 is 0.884 bits per heavy atom. The molecule has 7 rings (SSSR count). The number of ketones is 1. The maximum absolute atomic E-state index is 13.5. The largest absolute Gasteiger partial charge is 0.491 e. The number of likely N-dealkylation sites (tertiary alicyclic amines) is 1. The van der Waals surface area contributed by atoms with Gasteiger partial charge in [0, 0.05) is 48.6 Å². The second-order valence-corrected chi connectivity index (χ2v) is 14.5. The molecule has 0 spiro atoms. The first-order valence-electron chi connectivity index (χ1n) is 16.1. The molecule has 1 atom stereocenters. The van der Waals surface area contributed by atoms with E-state index in [4.69, 9.17) is 27.9 Å². The van der Waals surface area contributed by atoms with Crippen LogP contribution in [0.25, 0.3) is 0 Å². The van der Waals surface area contributed by atoms with E-state index in [0.717, 1.165) is 38.1 Å². The van der Waals surface area contributed by atoms with Crippen LogP contribution in [0.5, 0.6) is 5.75 Å². The lowest BCUT2D eigenvalue weighted by Gasteiger charge is -2.56. The van der Waals surface area contributed by atoms with E-state index in [-0.39, 0.29) is 17.3 Å². The highest BCUT2D eigenvalue weighted by Crippen LogP contribution is 2.48. The number of hydrogen-bond acceptors (Lipinski definition) is 3. The smallest absolute Gasteiger partial charge is 0.176 e. The molecular weight excluding hydrogens is 575 g/mol. The van der Waals surface area contributed by atoms with Crippen LogP contribution in [-0.4, -0.2) is 67.1 Å². The topological polar surface area (TPSA) is 29.5 Å². The van der Waals surface area contributed by atoms with Gasteiger partial charge in [-0.1, -0.05) is 71.7 Å². The van der Waals surface area contributed by atoms with Gasteiger partial charge >= 0.3 is 0 Å². The molecule has 0 saturated carbocycles. The van der Waals surface area contributed by atoms with Crippen LogP contribution < -0.4 is 4.74 Å². The molecule has 6 heteroatoms. The molecule has 2 bridgehead atoms. The molecule has 0 aromatic heterocycles. The zero-order valence-corrected chi connectivity index (χ0v) is 27.2. The average molecular weight is 621 g/mol. The van der Waals surface area contributed by atoms with E-state index in [9.17, 15) is 4.79 Å². The predicted molar refractivity (Wildman–Crippen MR) is 177 cm³/mol. The first kappa shape index (κ1) is 30.6. The summed E-state index contributed by atoms with van der Waals surface area (Å²) in [6.45, 7) is 11.1. The standard InChI is InChI=1S/C37H45Cl2N2O2/c1-28(2)43-32-11-6-8-29(24-32)35(42)26-40-19-7-14-37(27-40,31-12-13-33(38)34(39)25-31)18-23-41-20-15-36(16-21-41,17-22-41)30-9-4-3-5-10-30/h3-6,8-13,24-25,28H,7,14-23,26-27H2,1-2H3/q+1. The second-order valence-electron chi connectivity index (χ2n) is 13.7. The van der Waals surface area contributed by atoms with Gasteiger partial charge in [-0.05, 0) is 68.6 Å². The average Bonchev–Trinajstić information content (AvgIpc) is 3.03. The summed E-state index contributed by atoms with van der Waals surface area (Å²) in [5.74, 6) is 0.892. The van der Waals surface area contributed by atoms with Gasteiger partial charge in [0.25, 0.3) is 0 Å². The SMILES string of the molecule is CC(C)Oc1cccc(C(=O)CN2CCCC(CC[N+]34CCC(c5ccccc5)(CC3)CC4)(c3ccc(Cl)c(Cl)c3)C2)c1. The summed E-state index contributed by atoms with van der Waals surface area (Å²) >= 11 is 13.0. The number of ether oxygens (including phenoxy) is 1. The van der Waals surface area contributed by atoms with E-state index in [2.05, 4.69) is 47.4 Å². The number of Topliss-reactive ketones (excluding diaryl/α,β-unsaturated/α-hetero) is 1. The molecule has 0 radical (unpaired) electrons. The first-order valence-corrected chi connectivity index (χ1v) is 16.8. The summed E-state index contributed by atoms with van der Waals surface area (Å²) in [6, 6.07) is 25.1. The molecule has 0 amide bonds. The Hall–Kier alpha value is -2.37. The molecule has 0 aliphatic carbocycles. The molecule has 1 unspecified atom stereocenters. The number of halogens is 2. The highest BCUT2D eigenvalue weighted by atomic mass is 35.5. The number of hydrogen-bond donors (Lipinski definition) is 0. The van der Waals surface area contributed by atoms with Gasteiger partial charge in [0.2, 0.25) is 0 Å². The second kappa shape index (κ2) is 12.6. The number of quaternary nitrogens is 1. The van der Waals surface area contributed by atoms with Crippen molar-refractivity contribution in [3.8, 4) is 5.75 Å². The number of benzene rings is 3. The maximum Gasteiger partial charge on any atom is 0.176 e. The Bertz CT molecular complexity index is 1420.